The van der Waals surface area contributed by atoms with E-state index in [0.29, 0.717) is 17.3 Å². The first-order valence-electron chi connectivity index (χ1n) is 7.92. The Kier molecular flexibility index (Phi) is 5.90. The molecule has 2 rings (SSSR count). The standard InChI is InChI=1S/C17H22N2O4S/c1-4-11-19(12-16(20)23-5-2)24(21,22)15-9-8-13(3)17-14(15)7-6-10-18-17/h6-10H,4-5,11-12H2,1-3H3. The molecule has 0 spiro atoms. The van der Waals surface area contributed by atoms with E-state index in [1.54, 1.807) is 37.4 Å². The molecule has 0 amide bonds. The highest BCUT2D eigenvalue weighted by Gasteiger charge is 2.28. The average Bonchev–Trinajstić information content (AvgIpc) is 2.55. The fourth-order valence-electron chi connectivity index (χ4n) is 2.54. The summed E-state index contributed by atoms with van der Waals surface area (Å²) in [7, 11) is -3.83. The molecule has 1 aromatic carbocycles. The number of fused-ring (bicyclic) bond motifs is 1. The zero-order chi connectivity index (χ0) is 17.7. The summed E-state index contributed by atoms with van der Waals surface area (Å²) in [6, 6.07) is 6.74. The topological polar surface area (TPSA) is 76.6 Å². The zero-order valence-corrected chi connectivity index (χ0v) is 15.0. The van der Waals surface area contributed by atoms with Crippen molar-refractivity contribution in [1.29, 1.82) is 0 Å². The van der Waals surface area contributed by atoms with Crippen LogP contribution in [-0.2, 0) is 19.6 Å². The number of carbonyl (C=O) groups excluding carboxylic acids is 1. The van der Waals surface area contributed by atoms with E-state index >= 15 is 0 Å². The molecule has 24 heavy (non-hydrogen) atoms. The summed E-state index contributed by atoms with van der Waals surface area (Å²) in [4.78, 5) is 16.2. The van der Waals surface area contributed by atoms with Gasteiger partial charge in [-0.2, -0.15) is 4.31 Å². The molecule has 0 aliphatic rings. The van der Waals surface area contributed by atoms with Crippen LogP contribution < -0.4 is 0 Å². The van der Waals surface area contributed by atoms with Gasteiger partial charge < -0.3 is 4.74 Å². The molecule has 0 bridgehead atoms. The van der Waals surface area contributed by atoms with Crippen molar-refractivity contribution in [3.8, 4) is 0 Å². The highest BCUT2D eigenvalue weighted by molar-refractivity contribution is 7.89. The van der Waals surface area contributed by atoms with Crippen molar-refractivity contribution in [2.24, 2.45) is 0 Å². The number of aryl methyl sites for hydroxylation is 1. The summed E-state index contributed by atoms with van der Waals surface area (Å²) in [5.74, 6) is -0.552. The van der Waals surface area contributed by atoms with Crippen LogP contribution in [0, 0.1) is 6.92 Å². The monoisotopic (exact) mass is 350 g/mol. The quantitative estimate of drug-likeness (QED) is 0.717. The van der Waals surface area contributed by atoms with Crippen LogP contribution in [0.2, 0.25) is 0 Å². The molecule has 2 aromatic rings. The third-order valence-electron chi connectivity index (χ3n) is 3.63. The van der Waals surface area contributed by atoms with Crippen LogP contribution in [0.1, 0.15) is 25.8 Å². The van der Waals surface area contributed by atoms with E-state index in [2.05, 4.69) is 4.98 Å². The second kappa shape index (κ2) is 7.72. The first-order chi connectivity index (χ1) is 11.4. The van der Waals surface area contributed by atoms with Gasteiger partial charge in [-0.1, -0.05) is 13.0 Å². The predicted molar refractivity (Wildman–Crippen MR) is 92.2 cm³/mol. The Bertz CT molecular complexity index is 834. The summed E-state index contributed by atoms with van der Waals surface area (Å²) in [5.41, 5.74) is 1.54. The van der Waals surface area contributed by atoms with E-state index in [4.69, 9.17) is 4.74 Å². The second-order valence-electron chi connectivity index (χ2n) is 5.42. The Morgan fingerprint density at radius 2 is 2.00 bits per heavy atom. The average molecular weight is 350 g/mol. The first-order valence-corrected chi connectivity index (χ1v) is 9.36. The fraction of sp³-hybridized carbons (Fsp3) is 0.412. The number of rotatable bonds is 7. The van der Waals surface area contributed by atoms with Gasteiger partial charge in [0, 0.05) is 18.1 Å². The van der Waals surface area contributed by atoms with Crippen molar-refractivity contribution in [2.45, 2.75) is 32.1 Å². The number of aromatic nitrogens is 1. The summed E-state index contributed by atoms with van der Waals surface area (Å²) < 4.78 is 32.2. The van der Waals surface area contributed by atoms with E-state index in [9.17, 15) is 13.2 Å². The van der Waals surface area contributed by atoms with Gasteiger partial charge in [0.05, 0.1) is 17.0 Å². The van der Waals surface area contributed by atoms with Gasteiger partial charge in [0.2, 0.25) is 10.0 Å². The van der Waals surface area contributed by atoms with E-state index < -0.39 is 16.0 Å². The third-order valence-corrected chi connectivity index (χ3v) is 5.54. The van der Waals surface area contributed by atoms with E-state index in [1.807, 2.05) is 13.8 Å². The van der Waals surface area contributed by atoms with Gasteiger partial charge in [0.25, 0.3) is 0 Å². The van der Waals surface area contributed by atoms with Gasteiger partial charge >= 0.3 is 5.97 Å². The number of esters is 1. The molecular weight excluding hydrogens is 328 g/mol. The van der Waals surface area contributed by atoms with E-state index in [-0.39, 0.29) is 24.6 Å². The second-order valence-corrected chi connectivity index (χ2v) is 7.33. The van der Waals surface area contributed by atoms with Crippen molar-refractivity contribution >= 4 is 26.9 Å². The predicted octanol–water partition coefficient (Wildman–Crippen LogP) is 2.51. The van der Waals surface area contributed by atoms with Crippen molar-refractivity contribution < 1.29 is 17.9 Å². The minimum absolute atomic E-state index is 0.161. The normalized spacial score (nSPS) is 11.8. The lowest BCUT2D eigenvalue weighted by Crippen LogP contribution is -2.37. The molecule has 7 heteroatoms. The van der Waals surface area contributed by atoms with Gasteiger partial charge in [-0.3, -0.25) is 9.78 Å². The van der Waals surface area contributed by atoms with Gasteiger partial charge in [-0.05, 0) is 44.0 Å². The number of hydrogen-bond acceptors (Lipinski definition) is 5. The van der Waals surface area contributed by atoms with Crippen LogP contribution in [0.3, 0.4) is 0 Å². The Morgan fingerprint density at radius 1 is 1.25 bits per heavy atom. The lowest BCUT2D eigenvalue weighted by atomic mass is 10.1. The van der Waals surface area contributed by atoms with Crippen molar-refractivity contribution in [2.75, 3.05) is 19.7 Å². The molecule has 0 aliphatic carbocycles. The molecular formula is C17H22N2O4S. The molecule has 0 radical (unpaired) electrons. The molecule has 0 unspecified atom stereocenters. The smallest absolute Gasteiger partial charge is 0.321 e. The lowest BCUT2D eigenvalue weighted by Gasteiger charge is -2.21. The molecule has 1 heterocycles. The first kappa shape index (κ1) is 18.4. The molecule has 0 saturated carbocycles. The maximum atomic E-state index is 13.1. The van der Waals surface area contributed by atoms with Crippen LogP contribution in [0.15, 0.2) is 35.4 Å². The number of sulfonamides is 1. The number of ether oxygens (including phenoxy) is 1. The Balaban J connectivity index is 2.51. The van der Waals surface area contributed by atoms with E-state index in [1.165, 1.54) is 4.31 Å². The molecule has 0 saturated heterocycles. The van der Waals surface area contributed by atoms with Crippen LogP contribution >= 0.6 is 0 Å². The molecule has 0 N–H and O–H groups in total. The van der Waals surface area contributed by atoms with Crippen LogP contribution in [0.4, 0.5) is 0 Å². The molecule has 0 fully saturated rings. The summed E-state index contributed by atoms with van der Waals surface area (Å²) in [6.45, 7) is 5.61. The molecule has 130 valence electrons. The highest BCUT2D eigenvalue weighted by Crippen LogP contribution is 2.27. The summed E-state index contributed by atoms with van der Waals surface area (Å²) in [5, 5.41) is 0.558. The third kappa shape index (κ3) is 3.73. The molecule has 1 aromatic heterocycles. The fourth-order valence-corrected chi connectivity index (χ4v) is 4.20. The lowest BCUT2D eigenvalue weighted by molar-refractivity contribution is -0.143. The minimum Gasteiger partial charge on any atom is -0.465 e. The number of pyridine rings is 1. The van der Waals surface area contributed by atoms with Gasteiger partial charge in [0.1, 0.15) is 6.54 Å². The van der Waals surface area contributed by atoms with Gasteiger partial charge in [0.15, 0.2) is 0 Å². The molecule has 0 atom stereocenters. The van der Waals surface area contributed by atoms with Gasteiger partial charge in [-0.15, -0.1) is 0 Å². The van der Waals surface area contributed by atoms with Crippen molar-refractivity contribution in [1.82, 2.24) is 9.29 Å². The highest BCUT2D eigenvalue weighted by atomic mass is 32.2. The molecule has 0 aliphatic heterocycles. The van der Waals surface area contributed by atoms with Crippen molar-refractivity contribution in [3.63, 3.8) is 0 Å². The van der Waals surface area contributed by atoms with E-state index in [0.717, 1.165) is 5.56 Å². The Hall–Kier alpha value is -1.99. The van der Waals surface area contributed by atoms with Gasteiger partial charge in [-0.25, -0.2) is 8.42 Å². The SMILES string of the molecule is CCCN(CC(=O)OCC)S(=O)(=O)c1ccc(C)c2ncccc12. The number of hydrogen-bond donors (Lipinski definition) is 0. The zero-order valence-electron chi connectivity index (χ0n) is 14.2. The van der Waals surface area contributed by atoms with Crippen LogP contribution in [-0.4, -0.2) is 43.4 Å². The van der Waals surface area contributed by atoms with Crippen LogP contribution in [0.25, 0.3) is 10.9 Å². The largest absolute Gasteiger partial charge is 0.465 e. The van der Waals surface area contributed by atoms with Crippen molar-refractivity contribution in [3.05, 3.63) is 36.0 Å². The molecule has 6 nitrogen and oxygen atoms in total. The number of carbonyl (C=O) groups is 1. The van der Waals surface area contributed by atoms with Crippen LogP contribution in [0.5, 0.6) is 0 Å². The Labute approximate surface area is 142 Å². The summed E-state index contributed by atoms with van der Waals surface area (Å²) >= 11 is 0. The number of benzene rings is 1. The number of nitrogens with zero attached hydrogens (tertiary/aromatic N) is 2. The summed E-state index contributed by atoms with van der Waals surface area (Å²) in [6.07, 6.45) is 2.23. The maximum absolute atomic E-state index is 13.1. The maximum Gasteiger partial charge on any atom is 0.321 e. The Morgan fingerprint density at radius 3 is 2.67 bits per heavy atom. The minimum atomic E-state index is -3.83.